The number of nitriles is 1. The minimum Gasteiger partial charge on any atom is -0.207 e. The largest absolute Gasteiger partial charge is 0.243 e. The zero-order valence-electron chi connectivity index (χ0n) is 13.3. The van der Waals surface area contributed by atoms with Crippen molar-refractivity contribution >= 4 is 10.0 Å². The first-order valence-electron chi connectivity index (χ1n) is 7.41. The van der Waals surface area contributed by atoms with Gasteiger partial charge >= 0.3 is 0 Å². The molecule has 0 aromatic heterocycles. The Labute approximate surface area is 128 Å². The minimum absolute atomic E-state index is 0.0494. The van der Waals surface area contributed by atoms with E-state index in [0.29, 0.717) is 17.7 Å². The number of rotatable bonds is 7. The van der Waals surface area contributed by atoms with E-state index in [0.717, 1.165) is 19.3 Å². The maximum Gasteiger partial charge on any atom is 0.243 e. The second-order valence-corrected chi connectivity index (χ2v) is 7.18. The van der Waals surface area contributed by atoms with Crippen LogP contribution in [0.25, 0.3) is 0 Å². The lowest BCUT2D eigenvalue weighted by molar-refractivity contribution is 0.324. The van der Waals surface area contributed by atoms with Crippen LogP contribution < -0.4 is 0 Å². The molecule has 0 spiro atoms. The third-order valence-electron chi connectivity index (χ3n) is 3.72. The summed E-state index contributed by atoms with van der Waals surface area (Å²) >= 11 is 0. The molecule has 0 fully saturated rings. The number of hydrogen-bond acceptors (Lipinski definition) is 3. The van der Waals surface area contributed by atoms with Crippen LogP contribution in [0.1, 0.15) is 51.2 Å². The Hall–Kier alpha value is -1.38. The van der Waals surface area contributed by atoms with Crippen LogP contribution in [0.2, 0.25) is 0 Å². The quantitative estimate of drug-likeness (QED) is 0.775. The van der Waals surface area contributed by atoms with Gasteiger partial charge in [-0.15, -0.1) is 0 Å². The smallest absolute Gasteiger partial charge is 0.207 e. The molecule has 0 heterocycles. The average Bonchev–Trinajstić information content (AvgIpc) is 2.47. The summed E-state index contributed by atoms with van der Waals surface area (Å²) in [5.41, 5.74) is 1.05. The minimum atomic E-state index is -3.57. The van der Waals surface area contributed by atoms with Gasteiger partial charge < -0.3 is 0 Å². The fourth-order valence-corrected chi connectivity index (χ4v) is 4.16. The van der Waals surface area contributed by atoms with Crippen LogP contribution in [0.4, 0.5) is 0 Å². The molecule has 4 nitrogen and oxygen atoms in total. The normalized spacial score (nSPS) is 13.1. The Balaban J connectivity index is 3.31. The van der Waals surface area contributed by atoms with Crippen molar-refractivity contribution in [3.63, 3.8) is 0 Å². The van der Waals surface area contributed by atoms with Crippen molar-refractivity contribution in [2.45, 2.75) is 57.9 Å². The van der Waals surface area contributed by atoms with Gasteiger partial charge in [-0.05, 0) is 44.4 Å². The second-order valence-electron chi connectivity index (χ2n) is 5.32. The first-order valence-corrected chi connectivity index (χ1v) is 8.85. The van der Waals surface area contributed by atoms with Gasteiger partial charge in [0.25, 0.3) is 0 Å². The van der Waals surface area contributed by atoms with E-state index in [9.17, 15) is 8.42 Å². The number of nitrogens with zero attached hydrogens (tertiary/aromatic N) is 2. The van der Waals surface area contributed by atoms with Crippen LogP contribution in [-0.2, 0) is 10.0 Å². The lowest BCUT2D eigenvalue weighted by Gasteiger charge is -2.28. The fraction of sp³-hybridized carbons (Fsp3) is 0.562. The maximum atomic E-state index is 12.9. The molecule has 0 radical (unpaired) electrons. The number of sulfonamides is 1. The Morgan fingerprint density at radius 3 is 2.52 bits per heavy atom. The highest BCUT2D eigenvalue weighted by Gasteiger charge is 2.29. The lowest BCUT2D eigenvalue weighted by atomic mass is 10.2. The summed E-state index contributed by atoms with van der Waals surface area (Å²) in [4.78, 5) is 0.248. The molecular weight excluding hydrogens is 284 g/mol. The molecule has 0 N–H and O–H groups in total. The van der Waals surface area contributed by atoms with Crippen LogP contribution >= 0.6 is 0 Å². The van der Waals surface area contributed by atoms with E-state index in [4.69, 9.17) is 5.26 Å². The van der Waals surface area contributed by atoms with Crippen molar-refractivity contribution in [3.8, 4) is 6.07 Å². The van der Waals surface area contributed by atoms with Crippen LogP contribution in [-0.4, -0.2) is 25.3 Å². The summed E-state index contributed by atoms with van der Waals surface area (Å²) in [5.74, 6) is 0. The Morgan fingerprint density at radius 1 is 1.33 bits per heavy atom. The van der Waals surface area contributed by atoms with Gasteiger partial charge in [-0.2, -0.15) is 9.57 Å². The molecule has 1 rings (SSSR count). The monoisotopic (exact) mass is 308 g/mol. The Kier molecular flexibility index (Phi) is 6.38. The highest BCUT2D eigenvalue weighted by atomic mass is 32.2. The van der Waals surface area contributed by atoms with E-state index in [-0.39, 0.29) is 10.9 Å². The molecule has 0 bridgehead atoms. The molecule has 1 aromatic rings. The maximum absolute atomic E-state index is 12.9. The van der Waals surface area contributed by atoms with Crippen LogP contribution in [0.3, 0.4) is 0 Å². The van der Waals surface area contributed by atoms with Crippen LogP contribution in [0, 0.1) is 18.3 Å². The molecule has 0 aliphatic rings. The number of benzene rings is 1. The van der Waals surface area contributed by atoms with E-state index < -0.39 is 10.0 Å². The fourth-order valence-electron chi connectivity index (χ4n) is 2.17. The number of aryl methyl sites for hydroxylation is 1. The second kappa shape index (κ2) is 7.58. The van der Waals surface area contributed by atoms with Crippen molar-refractivity contribution in [1.82, 2.24) is 4.31 Å². The van der Waals surface area contributed by atoms with Crippen molar-refractivity contribution in [2.24, 2.45) is 0 Å². The van der Waals surface area contributed by atoms with E-state index in [2.05, 4.69) is 0 Å². The van der Waals surface area contributed by atoms with Gasteiger partial charge in [0.1, 0.15) is 0 Å². The highest BCUT2D eigenvalue weighted by molar-refractivity contribution is 7.89. The van der Waals surface area contributed by atoms with Gasteiger partial charge in [-0.3, -0.25) is 0 Å². The lowest BCUT2D eigenvalue weighted by Crippen LogP contribution is -2.39. The van der Waals surface area contributed by atoms with E-state index in [1.807, 2.05) is 26.8 Å². The molecule has 0 amide bonds. The molecule has 21 heavy (non-hydrogen) atoms. The molecule has 0 aliphatic carbocycles. The molecule has 1 unspecified atom stereocenters. The molecule has 0 saturated heterocycles. The predicted octanol–water partition coefficient (Wildman–Crippen LogP) is 3.46. The molecular formula is C16H24N2O2S. The third kappa shape index (κ3) is 4.05. The molecule has 5 heteroatoms. The number of unbranched alkanes of at least 4 members (excludes halogenated alkanes) is 1. The van der Waals surface area contributed by atoms with E-state index in [1.54, 1.807) is 23.4 Å². The summed E-state index contributed by atoms with van der Waals surface area (Å²) in [6, 6.07) is 6.78. The molecule has 0 saturated carbocycles. The zero-order chi connectivity index (χ0) is 16.0. The molecule has 1 aromatic carbocycles. The first kappa shape index (κ1) is 17.7. The molecule has 116 valence electrons. The SMILES string of the molecule is CCCCN(C(C)CC)S(=O)(=O)c1cc(C#N)ccc1C. The first-order chi connectivity index (χ1) is 9.88. The van der Waals surface area contributed by atoms with Crippen LogP contribution in [0.15, 0.2) is 23.1 Å². The van der Waals surface area contributed by atoms with Gasteiger partial charge in [0.05, 0.1) is 16.5 Å². The summed E-state index contributed by atoms with van der Waals surface area (Å²) in [7, 11) is -3.57. The predicted molar refractivity (Wildman–Crippen MR) is 84.4 cm³/mol. The highest BCUT2D eigenvalue weighted by Crippen LogP contribution is 2.24. The third-order valence-corrected chi connectivity index (χ3v) is 5.87. The van der Waals surface area contributed by atoms with E-state index in [1.165, 1.54) is 6.07 Å². The molecule has 0 aliphatic heterocycles. The Morgan fingerprint density at radius 2 is 2.00 bits per heavy atom. The van der Waals surface area contributed by atoms with Crippen LogP contribution in [0.5, 0.6) is 0 Å². The summed E-state index contributed by atoms with van der Waals surface area (Å²) in [5, 5.41) is 9.00. The van der Waals surface area contributed by atoms with Gasteiger partial charge in [-0.25, -0.2) is 8.42 Å². The number of hydrogen-bond donors (Lipinski definition) is 0. The van der Waals surface area contributed by atoms with Gasteiger partial charge in [-0.1, -0.05) is 26.3 Å². The van der Waals surface area contributed by atoms with Gasteiger partial charge in [0.15, 0.2) is 0 Å². The van der Waals surface area contributed by atoms with Crippen molar-refractivity contribution in [1.29, 1.82) is 5.26 Å². The van der Waals surface area contributed by atoms with E-state index >= 15 is 0 Å². The van der Waals surface area contributed by atoms with Gasteiger partial charge in [0.2, 0.25) is 10.0 Å². The zero-order valence-corrected chi connectivity index (χ0v) is 14.1. The Bertz CT molecular complexity index is 618. The molecule has 1 atom stereocenters. The summed E-state index contributed by atoms with van der Waals surface area (Å²) in [6.45, 7) is 8.24. The average molecular weight is 308 g/mol. The summed E-state index contributed by atoms with van der Waals surface area (Å²) < 4.78 is 27.5. The van der Waals surface area contributed by atoms with Gasteiger partial charge in [0, 0.05) is 12.6 Å². The summed E-state index contributed by atoms with van der Waals surface area (Å²) in [6.07, 6.45) is 2.54. The van der Waals surface area contributed by atoms with Crippen molar-refractivity contribution in [2.75, 3.05) is 6.54 Å². The van der Waals surface area contributed by atoms with Crippen molar-refractivity contribution in [3.05, 3.63) is 29.3 Å². The standard InChI is InChI=1S/C16H24N2O2S/c1-5-7-10-18(14(4)6-2)21(19,20)16-11-15(12-17)9-8-13(16)3/h8-9,11,14H,5-7,10H2,1-4H3. The van der Waals surface area contributed by atoms with Crippen molar-refractivity contribution < 1.29 is 8.42 Å². The topological polar surface area (TPSA) is 61.2 Å².